The summed E-state index contributed by atoms with van der Waals surface area (Å²) in [6.07, 6.45) is 0. The molecule has 0 aromatic heterocycles. The Labute approximate surface area is 164 Å². The molecule has 1 fully saturated rings. The van der Waals surface area contributed by atoms with Crippen molar-refractivity contribution in [2.45, 2.75) is 19.3 Å². The lowest BCUT2D eigenvalue weighted by Crippen LogP contribution is -2.02. The van der Waals surface area contributed by atoms with Crippen molar-refractivity contribution in [1.29, 1.82) is 0 Å². The molecule has 1 heteroatoms. The van der Waals surface area contributed by atoms with Crippen LogP contribution in [0, 0.1) is 5.92 Å². The summed E-state index contributed by atoms with van der Waals surface area (Å²) in [5.74, 6) is 0.492. The molecule has 0 heterocycles. The van der Waals surface area contributed by atoms with E-state index in [0.29, 0.717) is 5.92 Å². The highest BCUT2D eigenvalue weighted by Gasteiger charge is 2.54. The van der Waals surface area contributed by atoms with Crippen LogP contribution in [-0.4, -0.2) is 0 Å². The van der Waals surface area contributed by atoms with E-state index in [1.165, 1.54) is 27.8 Å². The van der Waals surface area contributed by atoms with Gasteiger partial charge in [-0.1, -0.05) is 103 Å². The molecule has 3 aromatic carbocycles. The van der Waals surface area contributed by atoms with Crippen LogP contribution < -0.4 is 0 Å². The summed E-state index contributed by atoms with van der Waals surface area (Å²) in [6.45, 7) is 4.63. The average Bonchev–Trinajstić information content (AvgIpc) is 3.22. The van der Waals surface area contributed by atoms with Gasteiger partial charge in [0, 0.05) is 15.5 Å². The van der Waals surface area contributed by atoms with E-state index in [0.717, 1.165) is 4.47 Å². The molecule has 128 valence electrons. The van der Waals surface area contributed by atoms with Crippen LogP contribution in [0.25, 0.3) is 5.57 Å². The van der Waals surface area contributed by atoms with Gasteiger partial charge in [-0.15, -0.1) is 5.73 Å². The second-order valence-electron chi connectivity index (χ2n) is 7.08. The molecule has 2 atom stereocenters. The Morgan fingerprint density at radius 2 is 1.31 bits per heavy atom. The van der Waals surface area contributed by atoms with E-state index in [-0.39, 0.29) is 5.41 Å². The second-order valence-corrected chi connectivity index (χ2v) is 7.99. The molecule has 0 nitrogen and oxygen atoms in total. The van der Waals surface area contributed by atoms with Crippen molar-refractivity contribution in [2.75, 3.05) is 0 Å². The Morgan fingerprint density at radius 3 is 1.81 bits per heavy atom. The van der Waals surface area contributed by atoms with E-state index in [9.17, 15) is 0 Å². The van der Waals surface area contributed by atoms with Crippen molar-refractivity contribution in [3.8, 4) is 0 Å². The summed E-state index contributed by atoms with van der Waals surface area (Å²) >= 11 is 3.54. The summed E-state index contributed by atoms with van der Waals surface area (Å²) in [6, 6.07) is 29.9. The highest BCUT2D eigenvalue weighted by atomic mass is 79.9. The minimum absolute atomic E-state index is 0.0650. The maximum absolute atomic E-state index is 3.80. The van der Waals surface area contributed by atoms with Crippen LogP contribution in [0.1, 0.15) is 30.5 Å². The average molecular weight is 401 g/mol. The van der Waals surface area contributed by atoms with Gasteiger partial charge < -0.3 is 0 Å². The van der Waals surface area contributed by atoms with Gasteiger partial charge in [-0.3, -0.25) is 0 Å². The maximum atomic E-state index is 3.80. The minimum Gasteiger partial charge on any atom is -0.111 e. The van der Waals surface area contributed by atoms with Crippen molar-refractivity contribution >= 4 is 21.5 Å². The van der Waals surface area contributed by atoms with Gasteiger partial charge in [-0.25, -0.2) is 0 Å². The fourth-order valence-corrected chi connectivity index (χ4v) is 3.98. The third-order valence-electron chi connectivity index (χ3n) is 5.60. The normalized spacial score (nSPS) is 21.2. The zero-order valence-corrected chi connectivity index (χ0v) is 16.6. The Kier molecular flexibility index (Phi) is 4.44. The molecule has 0 N–H and O–H groups in total. The summed E-state index contributed by atoms with van der Waals surface area (Å²) < 4.78 is 1.12. The van der Waals surface area contributed by atoms with Gasteiger partial charge in [0.05, 0.1) is 0 Å². The van der Waals surface area contributed by atoms with E-state index in [1.807, 2.05) is 0 Å². The topological polar surface area (TPSA) is 0 Å². The Balaban J connectivity index is 1.88. The Bertz CT molecular complexity index is 936. The van der Waals surface area contributed by atoms with Gasteiger partial charge in [0.25, 0.3) is 0 Å². The number of halogens is 1. The van der Waals surface area contributed by atoms with Crippen molar-refractivity contribution in [3.05, 3.63) is 117 Å². The second kappa shape index (κ2) is 6.76. The molecule has 0 radical (unpaired) electrons. The van der Waals surface area contributed by atoms with E-state index >= 15 is 0 Å². The number of benzene rings is 3. The third-order valence-corrected chi connectivity index (χ3v) is 6.13. The molecular weight excluding hydrogens is 380 g/mol. The summed E-state index contributed by atoms with van der Waals surface area (Å²) in [5.41, 5.74) is 10.2. The molecule has 1 aliphatic rings. The maximum Gasteiger partial charge on any atom is 0.0309 e. The van der Waals surface area contributed by atoms with Crippen molar-refractivity contribution in [1.82, 2.24) is 0 Å². The first-order valence-electron chi connectivity index (χ1n) is 8.99. The first-order chi connectivity index (χ1) is 12.6. The number of hydrogen-bond acceptors (Lipinski definition) is 0. The first kappa shape index (κ1) is 17.1. The highest BCUT2D eigenvalue weighted by Crippen LogP contribution is 2.59. The number of rotatable bonds is 3. The van der Waals surface area contributed by atoms with Crippen LogP contribution in [0.2, 0.25) is 0 Å². The zero-order chi connectivity index (χ0) is 18.1. The molecule has 26 heavy (non-hydrogen) atoms. The molecule has 3 aromatic rings. The molecule has 1 aliphatic carbocycles. The molecule has 0 amide bonds. The summed E-state index contributed by atoms with van der Waals surface area (Å²) in [4.78, 5) is 0. The van der Waals surface area contributed by atoms with Crippen LogP contribution >= 0.6 is 15.9 Å². The lowest BCUT2D eigenvalue weighted by molar-refractivity contribution is 0.706. The predicted octanol–water partition coefficient (Wildman–Crippen LogP) is 7.01. The van der Waals surface area contributed by atoms with Crippen LogP contribution in [0.4, 0.5) is 0 Å². The van der Waals surface area contributed by atoms with Crippen molar-refractivity contribution in [2.24, 2.45) is 5.92 Å². The molecule has 0 aliphatic heterocycles. The van der Waals surface area contributed by atoms with Gasteiger partial charge in [0.15, 0.2) is 0 Å². The molecule has 1 saturated carbocycles. The fourth-order valence-electron chi connectivity index (χ4n) is 3.72. The third kappa shape index (κ3) is 2.98. The monoisotopic (exact) mass is 400 g/mol. The Hall–Kier alpha value is -2.34. The molecule has 0 bridgehead atoms. The molecular formula is C25H21Br. The summed E-state index contributed by atoms with van der Waals surface area (Å²) in [5, 5.41) is 0. The molecule has 0 spiro atoms. The van der Waals surface area contributed by atoms with E-state index in [1.54, 1.807) is 0 Å². The van der Waals surface area contributed by atoms with Crippen LogP contribution in [-0.2, 0) is 5.41 Å². The molecule has 0 saturated heterocycles. The smallest absolute Gasteiger partial charge is 0.0309 e. The van der Waals surface area contributed by atoms with Crippen LogP contribution in [0.5, 0.6) is 0 Å². The lowest BCUT2D eigenvalue weighted by atomic mass is 9.94. The first-order valence-corrected chi connectivity index (χ1v) is 9.78. The predicted molar refractivity (Wildman–Crippen MR) is 113 cm³/mol. The van der Waals surface area contributed by atoms with Gasteiger partial charge in [-0.2, -0.15) is 0 Å². The summed E-state index contributed by atoms with van der Waals surface area (Å²) in [7, 11) is 0. The van der Waals surface area contributed by atoms with Gasteiger partial charge in [0.1, 0.15) is 0 Å². The van der Waals surface area contributed by atoms with Gasteiger partial charge >= 0.3 is 0 Å². The Morgan fingerprint density at radius 1 is 0.808 bits per heavy atom. The number of allylic oxidation sites excluding steroid dienone is 1. The van der Waals surface area contributed by atoms with Crippen molar-refractivity contribution in [3.63, 3.8) is 0 Å². The SMILES string of the molecule is CC1C(=C=C(c2ccccc2)c2ccccc2)C1(C)c1ccc(Br)cc1. The quantitative estimate of drug-likeness (QED) is 0.414. The standard InChI is InChI=1S/C25H21Br/c1-18-24(25(18,2)21-13-15-22(26)16-14-21)17-23(19-9-5-3-6-10-19)20-11-7-4-8-12-20/h3-16,18H,1-2H3. The van der Waals surface area contributed by atoms with E-state index in [2.05, 4.69) is 120 Å². The van der Waals surface area contributed by atoms with E-state index in [4.69, 9.17) is 0 Å². The molecule has 2 unspecified atom stereocenters. The number of hydrogen-bond donors (Lipinski definition) is 0. The fraction of sp³-hybridized carbons (Fsp3) is 0.160. The van der Waals surface area contributed by atoms with Crippen LogP contribution in [0.15, 0.2) is 101 Å². The largest absolute Gasteiger partial charge is 0.111 e. The minimum atomic E-state index is 0.0650. The molecule has 4 rings (SSSR count). The van der Waals surface area contributed by atoms with E-state index < -0.39 is 0 Å². The highest BCUT2D eigenvalue weighted by molar-refractivity contribution is 9.10. The van der Waals surface area contributed by atoms with Crippen molar-refractivity contribution < 1.29 is 0 Å². The van der Waals surface area contributed by atoms with Gasteiger partial charge in [0.2, 0.25) is 0 Å². The lowest BCUT2D eigenvalue weighted by Gasteiger charge is -2.09. The van der Waals surface area contributed by atoms with Crippen LogP contribution in [0.3, 0.4) is 0 Å². The zero-order valence-electron chi connectivity index (χ0n) is 15.0. The van der Waals surface area contributed by atoms with Gasteiger partial charge in [-0.05, 0) is 40.3 Å².